The van der Waals surface area contributed by atoms with Crippen molar-refractivity contribution in [2.45, 2.75) is 83.1 Å². The van der Waals surface area contributed by atoms with Gasteiger partial charge in [-0.25, -0.2) is 9.59 Å². The van der Waals surface area contributed by atoms with Gasteiger partial charge in [0.1, 0.15) is 17.8 Å². The van der Waals surface area contributed by atoms with Crippen LogP contribution in [-0.2, 0) is 33.3 Å². The maximum atomic E-state index is 12.7. The Labute approximate surface area is 196 Å². The molecule has 1 aromatic carbocycles. The predicted octanol–water partition coefficient (Wildman–Crippen LogP) is 3.44. The third-order valence-electron chi connectivity index (χ3n) is 4.59. The Kier molecular flexibility index (Phi) is 8.53. The third kappa shape index (κ3) is 8.94. The summed E-state index contributed by atoms with van der Waals surface area (Å²) in [4.78, 5) is 26.1. The number of carbonyl (C=O) groups excluding carboxylic acids is 2. The van der Waals surface area contributed by atoms with Crippen LogP contribution in [0.25, 0.3) is 0 Å². The molecule has 0 bridgehead atoms. The Morgan fingerprint density at radius 2 is 1.58 bits per heavy atom. The summed E-state index contributed by atoms with van der Waals surface area (Å²) in [6, 6.07) is 5.69. The number of hydrogen-bond donors (Lipinski definition) is 0. The Hall–Kier alpha value is -2.17. The molecule has 0 unspecified atom stereocenters. The molecule has 1 aliphatic heterocycles. The minimum atomic E-state index is -4.01. The zero-order chi connectivity index (χ0) is 25.0. The molecular weight excluding hydrogens is 450 g/mol. The van der Waals surface area contributed by atoms with E-state index in [1.165, 1.54) is 17.0 Å². The molecule has 1 aromatic rings. The monoisotopic (exact) mass is 485 g/mol. The van der Waals surface area contributed by atoms with E-state index >= 15 is 0 Å². The van der Waals surface area contributed by atoms with E-state index in [0.29, 0.717) is 0 Å². The molecule has 0 aromatic heterocycles. The molecule has 1 saturated heterocycles. The van der Waals surface area contributed by atoms with Crippen LogP contribution in [0, 0.1) is 6.92 Å². The summed E-state index contributed by atoms with van der Waals surface area (Å²) in [6.07, 6.45) is -0.821. The van der Waals surface area contributed by atoms with Crippen LogP contribution >= 0.6 is 0 Å². The molecule has 0 N–H and O–H groups in total. The number of carbonyl (C=O) groups is 2. The number of nitrogens with zero attached hydrogens (tertiary/aromatic N) is 1. The van der Waals surface area contributed by atoms with Gasteiger partial charge in [0.25, 0.3) is 10.1 Å². The third-order valence-corrected chi connectivity index (χ3v) is 5.88. The van der Waals surface area contributed by atoms with E-state index in [1.807, 2.05) is 6.92 Å². The second-order valence-electron chi connectivity index (χ2n) is 10.1. The number of rotatable bonds is 7. The van der Waals surface area contributed by atoms with Gasteiger partial charge in [0.05, 0.1) is 30.2 Å². The Bertz CT molecular complexity index is 929. The summed E-state index contributed by atoms with van der Waals surface area (Å²) >= 11 is 0. The first-order valence-corrected chi connectivity index (χ1v) is 12.3. The van der Waals surface area contributed by atoms with E-state index in [-0.39, 0.29) is 31.1 Å². The molecule has 10 heteroatoms. The van der Waals surface area contributed by atoms with E-state index in [1.54, 1.807) is 53.7 Å². The standard InChI is InChI=1S/C23H35NO8S/c1-16-8-10-19(11-9-16)33(27,28)30-14-17-12-18(29-15-20(25)31-22(2,3)4)13-24(17)21(26)32-23(5,6)7/h8-11,17-18H,12-15H2,1-7H3/t17-,18+/m1/s1. The van der Waals surface area contributed by atoms with E-state index in [2.05, 4.69) is 0 Å². The summed E-state index contributed by atoms with van der Waals surface area (Å²) in [5.41, 5.74) is -0.448. The smallest absolute Gasteiger partial charge is 0.410 e. The quantitative estimate of drug-likeness (QED) is 0.427. The molecule has 1 amide bonds. The maximum absolute atomic E-state index is 12.7. The lowest BCUT2D eigenvalue weighted by Gasteiger charge is -2.28. The van der Waals surface area contributed by atoms with Crippen molar-refractivity contribution in [2.24, 2.45) is 0 Å². The highest BCUT2D eigenvalue weighted by molar-refractivity contribution is 7.86. The van der Waals surface area contributed by atoms with E-state index in [0.717, 1.165) is 5.56 Å². The molecule has 0 spiro atoms. The topological polar surface area (TPSA) is 108 Å². The second-order valence-corrected chi connectivity index (χ2v) is 11.7. The van der Waals surface area contributed by atoms with Gasteiger partial charge in [0.15, 0.2) is 0 Å². The van der Waals surface area contributed by atoms with Crippen molar-refractivity contribution < 1.29 is 36.4 Å². The molecule has 186 valence electrons. The molecule has 0 aliphatic carbocycles. The lowest BCUT2D eigenvalue weighted by molar-refractivity contribution is -0.162. The largest absolute Gasteiger partial charge is 0.458 e. The maximum Gasteiger partial charge on any atom is 0.410 e. The normalized spacial score (nSPS) is 19.4. The molecule has 0 saturated carbocycles. The summed E-state index contributed by atoms with van der Waals surface area (Å²) < 4.78 is 46.8. The van der Waals surface area contributed by atoms with Crippen LogP contribution < -0.4 is 0 Å². The number of likely N-dealkylation sites (tertiary alicyclic amines) is 1. The average Bonchev–Trinajstić information content (AvgIpc) is 3.06. The van der Waals surface area contributed by atoms with E-state index in [4.69, 9.17) is 18.4 Å². The highest BCUT2D eigenvalue weighted by Gasteiger charge is 2.39. The molecule has 1 heterocycles. The zero-order valence-corrected chi connectivity index (χ0v) is 21.2. The molecule has 2 atom stereocenters. The van der Waals surface area contributed by atoms with Crippen LogP contribution in [0.1, 0.15) is 53.5 Å². The minimum Gasteiger partial charge on any atom is -0.458 e. The first-order chi connectivity index (χ1) is 15.1. The van der Waals surface area contributed by atoms with Crippen LogP contribution in [0.4, 0.5) is 4.79 Å². The first kappa shape index (κ1) is 27.1. The molecule has 0 radical (unpaired) electrons. The SMILES string of the molecule is Cc1ccc(S(=O)(=O)OC[C@H]2C[C@H](OCC(=O)OC(C)(C)C)CN2C(=O)OC(C)(C)C)cc1. The van der Waals surface area contributed by atoms with Crippen molar-refractivity contribution in [3.05, 3.63) is 29.8 Å². The van der Waals surface area contributed by atoms with Crippen LogP contribution in [-0.4, -0.2) is 68.5 Å². The molecule has 9 nitrogen and oxygen atoms in total. The molecule has 1 fully saturated rings. The van der Waals surface area contributed by atoms with Crippen molar-refractivity contribution in [3.63, 3.8) is 0 Å². The molecule has 33 heavy (non-hydrogen) atoms. The number of benzene rings is 1. The van der Waals surface area contributed by atoms with Crippen molar-refractivity contribution in [1.29, 1.82) is 0 Å². The number of aryl methyl sites for hydroxylation is 1. The summed E-state index contributed by atoms with van der Waals surface area (Å²) in [5.74, 6) is -0.520. The van der Waals surface area contributed by atoms with Gasteiger partial charge in [-0.1, -0.05) is 17.7 Å². The Morgan fingerprint density at radius 3 is 2.12 bits per heavy atom. The second kappa shape index (κ2) is 10.4. The predicted molar refractivity (Wildman–Crippen MR) is 121 cm³/mol. The van der Waals surface area contributed by atoms with Crippen LogP contribution in [0.15, 0.2) is 29.2 Å². The van der Waals surface area contributed by atoms with Crippen molar-refractivity contribution in [3.8, 4) is 0 Å². The van der Waals surface area contributed by atoms with Gasteiger partial charge in [0.2, 0.25) is 0 Å². The summed E-state index contributed by atoms with van der Waals surface area (Å²) in [6.45, 7) is 11.9. The van der Waals surface area contributed by atoms with Crippen LogP contribution in [0.5, 0.6) is 0 Å². The van der Waals surface area contributed by atoms with Crippen LogP contribution in [0.3, 0.4) is 0 Å². The van der Waals surface area contributed by atoms with E-state index < -0.39 is 45.5 Å². The Balaban J connectivity index is 2.07. The van der Waals surface area contributed by atoms with Gasteiger partial charge in [-0.05, 0) is 67.0 Å². The fraction of sp³-hybridized carbons (Fsp3) is 0.652. The van der Waals surface area contributed by atoms with Gasteiger partial charge in [-0.15, -0.1) is 0 Å². The highest BCUT2D eigenvalue weighted by Crippen LogP contribution is 2.25. The number of ether oxygens (including phenoxy) is 3. The van der Waals surface area contributed by atoms with Crippen molar-refractivity contribution >= 4 is 22.2 Å². The molecule has 1 aliphatic rings. The minimum absolute atomic E-state index is 0.0349. The summed E-state index contributed by atoms with van der Waals surface area (Å²) in [5, 5.41) is 0. The van der Waals surface area contributed by atoms with Crippen molar-refractivity contribution in [1.82, 2.24) is 4.90 Å². The fourth-order valence-electron chi connectivity index (χ4n) is 3.19. The first-order valence-electron chi connectivity index (χ1n) is 10.8. The molecular formula is C23H35NO8S. The van der Waals surface area contributed by atoms with Gasteiger partial charge in [-0.3, -0.25) is 4.18 Å². The van der Waals surface area contributed by atoms with Crippen LogP contribution in [0.2, 0.25) is 0 Å². The zero-order valence-electron chi connectivity index (χ0n) is 20.4. The van der Waals surface area contributed by atoms with Gasteiger partial charge < -0.3 is 19.1 Å². The Morgan fingerprint density at radius 1 is 1.00 bits per heavy atom. The van der Waals surface area contributed by atoms with Gasteiger partial charge in [0, 0.05) is 0 Å². The fourth-order valence-corrected chi connectivity index (χ4v) is 4.14. The number of amides is 1. The molecule has 2 rings (SSSR count). The van der Waals surface area contributed by atoms with E-state index in [9.17, 15) is 18.0 Å². The lowest BCUT2D eigenvalue weighted by Crippen LogP contribution is -2.42. The van der Waals surface area contributed by atoms with Crippen molar-refractivity contribution in [2.75, 3.05) is 19.8 Å². The lowest BCUT2D eigenvalue weighted by atomic mass is 10.2. The van der Waals surface area contributed by atoms with Gasteiger partial charge >= 0.3 is 12.1 Å². The highest BCUT2D eigenvalue weighted by atomic mass is 32.2. The average molecular weight is 486 g/mol. The number of esters is 1. The number of hydrogen-bond acceptors (Lipinski definition) is 8. The van der Waals surface area contributed by atoms with Gasteiger partial charge in [-0.2, -0.15) is 8.42 Å². The summed E-state index contributed by atoms with van der Waals surface area (Å²) in [7, 11) is -4.01.